The number of hydrogen-bond donors (Lipinski definition) is 2. The number of nitrogens with zero attached hydrogens (tertiary/aromatic N) is 2. The summed E-state index contributed by atoms with van der Waals surface area (Å²) in [5.41, 5.74) is 3.39. The first-order valence-corrected chi connectivity index (χ1v) is 7.50. The van der Waals surface area contributed by atoms with Gasteiger partial charge in [0.25, 0.3) is 0 Å². The van der Waals surface area contributed by atoms with Crippen LogP contribution in [0.5, 0.6) is 0 Å². The van der Waals surface area contributed by atoms with Gasteiger partial charge in [0, 0.05) is 26.3 Å². The highest BCUT2D eigenvalue weighted by Gasteiger charge is 2.08. The van der Waals surface area contributed by atoms with Crippen LogP contribution >= 0.6 is 0 Å². The quantitative estimate of drug-likeness (QED) is 0.822. The summed E-state index contributed by atoms with van der Waals surface area (Å²) in [7, 11) is 1.92. The van der Waals surface area contributed by atoms with Crippen molar-refractivity contribution in [2.75, 3.05) is 6.54 Å². The average Bonchev–Trinajstić information content (AvgIpc) is 2.84. The van der Waals surface area contributed by atoms with E-state index in [2.05, 4.69) is 36.4 Å². The number of benzene rings is 1. The Hall–Kier alpha value is -1.65. The molecule has 1 heterocycles. The smallest absolute Gasteiger partial charge is 0.0914 e. The monoisotopic (exact) mass is 287 g/mol. The van der Waals surface area contributed by atoms with Crippen LogP contribution in [-0.2, 0) is 20.0 Å². The van der Waals surface area contributed by atoms with Gasteiger partial charge in [-0.3, -0.25) is 4.68 Å². The van der Waals surface area contributed by atoms with E-state index in [-0.39, 0.29) is 0 Å². The molecule has 4 heteroatoms. The van der Waals surface area contributed by atoms with E-state index >= 15 is 0 Å². The molecule has 4 nitrogen and oxygen atoms in total. The molecule has 2 rings (SSSR count). The Balaban J connectivity index is 1.82. The first kappa shape index (κ1) is 15.7. The summed E-state index contributed by atoms with van der Waals surface area (Å²) in [6.07, 6.45) is 2.38. The van der Waals surface area contributed by atoms with Gasteiger partial charge in [-0.15, -0.1) is 0 Å². The lowest BCUT2D eigenvalue weighted by molar-refractivity contribution is 0.174. The molecule has 1 aromatic heterocycles. The SMILES string of the molecule is CC(C)Cc1ccc(C(O)CNCc2ccnn2C)cc1. The van der Waals surface area contributed by atoms with Crippen molar-refractivity contribution in [3.8, 4) is 0 Å². The highest BCUT2D eigenvalue weighted by molar-refractivity contribution is 5.24. The van der Waals surface area contributed by atoms with Gasteiger partial charge < -0.3 is 10.4 Å². The maximum Gasteiger partial charge on any atom is 0.0914 e. The Labute approximate surface area is 126 Å². The maximum absolute atomic E-state index is 10.2. The number of aryl methyl sites for hydroxylation is 1. The fourth-order valence-corrected chi connectivity index (χ4v) is 2.38. The first-order chi connectivity index (χ1) is 10.1. The zero-order chi connectivity index (χ0) is 15.2. The minimum absolute atomic E-state index is 0.480. The summed E-state index contributed by atoms with van der Waals surface area (Å²) in [6.45, 7) is 5.67. The molecule has 1 atom stereocenters. The number of rotatable bonds is 7. The molecule has 0 aliphatic heterocycles. The molecule has 114 valence electrons. The predicted molar refractivity (Wildman–Crippen MR) is 84.9 cm³/mol. The maximum atomic E-state index is 10.2. The molecule has 1 aromatic carbocycles. The van der Waals surface area contributed by atoms with Crippen LogP contribution in [-0.4, -0.2) is 21.4 Å². The van der Waals surface area contributed by atoms with E-state index < -0.39 is 6.10 Å². The van der Waals surface area contributed by atoms with Gasteiger partial charge in [0.2, 0.25) is 0 Å². The molecular formula is C17H25N3O. The van der Waals surface area contributed by atoms with Crippen LogP contribution < -0.4 is 5.32 Å². The van der Waals surface area contributed by atoms with Crippen LogP contribution in [0.1, 0.15) is 36.8 Å². The summed E-state index contributed by atoms with van der Waals surface area (Å²) in [6, 6.07) is 10.2. The van der Waals surface area contributed by atoms with Gasteiger partial charge in [-0.2, -0.15) is 5.10 Å². The van der Waals surface area contributed by atoms with Gasteiger partial charge in [0.15, 0.2) is 0 Å². The second-order valence-corrected chi connectivity index (χ2v) is 5.93. The molecule has 21 heavy (non-hydrogen) atoms. The first-order valence-electron chi connectivity index (χ1n) is 7.50. The second kappa shape index (κ2) is 7.38. The number of aliphatic hydroxyl groups excluding tert-OH is 1. The van der Waals surface area contributed by atoms with Gasteiger partial charge >= 0.3 is 0 Å². The third-order valence-electron chi connectivity index (χ3n) is 3.57. The van der Waals surface area contributed by atoms with Crippen LogP contribution in [0.15, 0.2) is 36.5 Å². The van der Waals surface area contributed by atoms with E-state index in [1.165, 1.54) is 5.56 Å². The molecule has 0 spiro atoms. The van der Waals surface area contributed by atoms with Gasteiger partial charge in [-0.25, -0.2) is 0 Å². The number of nitrogens with one attached hydrogen (secondary N) is 1. The fraction of sp³-hybridized carbons (Fsp3) is 0.471. The summed E-state index contributed by atoms with van der Waals surface area (Å²) in [4.78, 5) is 0. The number of aromatic nitrogens is 2. The third kappa shape index (κ3) is 4.69. The molecule has 2 N–H and O–H groups in total. The fourth-order valence-electron chi connectivity index (χ4n) is 2.38. The van der Waals surface area contributed by atoms with E-state index in [0.29, 0.717) is 19.0 Å². The van der Waals surface area contributed by atoms with Crippen molar-refractivity contribution >= 4 is 0 Å². The van der Waals surface area contributed by atoms with Crippen molar-refractivity contribution in [3.63, 3.8) is 0 Å². The molecule has 0 saturated heterocycles. The van der Waals surface area contributed by atoms with E-state index in [0.717, 1.165) is 17.7 Å². The minimum Gasteiger partial charge on any atom is -0.387 e. The van der Waals surface area contributed by atoms with Crippen LogP contribution in [0, 0.1) is 5.92 Å². The zero-order valence-corrected chi connectivity index (χ0v) is 13.1. The molecule has 0 bridgehead atoms. The molecule has 0 radical (unpaired) electrons. The number of aliphatic hydroxyl groups is 1. The van der Waals surface area contributed by atoms with Crippen LogP contribution in [0.4, 0.5) is 0 Å². The average molecular weight is 287 g/mol. The zero-order valence-electron chi connectivity index (χ0n) is 13.1. The summed E-state index contributed by atoms with van der Waals surface area (Å²) >= 11 is 0. The molecule has 2 aromatic rings. The standard InChI is InChI=1S/C17H25N3O/c1-13(2)10-14-4-6-15(7-5-14)17(21)12-18-11-16-8-9-19-20(16)3/h4-9,13,17-18,21H,10-12H2,1-3H3. The number of hydrogen-bond acceptors (Lipinski definition) is 3. The molecule has 0 amide bonds. The Bertz CT molecular complexity index is 545. The Morgan fingerprint density at radius 2 is 1.90 bits per heavy atom. The highest BCUT2D eigenvalue weighted by atomic mass is 16.3. The summed E-state index contributed by atoms with van der Waals surface area (Å²) < 4.78 is 1.83. The van der Waals surface area contributed by atoms with Crippen molar-refractivity contribution < 1.29 is 5.11 Å². The van der Waals surface area contributed by atoms with Gasteiger partial charge in [0.05, 0.1) is 11.8 Å². The van der Waals surface area contributed by atoms with Crippen molar-refractivity contribution in [2.45, 2.75) is 32.9 Å². The van der Waals surface area contributed by atoms with E-state index in [1.807, 2.05) is 29.9 Å². The van der Waals surface area contributed by atoms with E-state index in [9.17, 15) is 5.11 Å². The van der Waals surface area contributed by atoms with Crippen molar-refractivity contribution in [1.29, 1.82) is 0 Å². The lowest BCUT2D eigenvalue weighted by atomic mass is 10.0. The van der Waals surface area contributed by atoms with Gasteiger partial charge in [-0.05, 0) is 29.5 Å². The second-order valence-electron chi connectivity index (χ2n) is 5.93. The minimum atomic E-state index is -0.480. The molecule has 0 aliphatic carbocycles. The molecule has 0 saturated carbocycles. The summed E-state index contributed by atoms with van der Waals surface area (Å²) in [5.74, 6) is 0.654. The van der Waals surface area contributed by atoms with E-state index in [4.69, 9.17) is 0 Å². The van der Waals surface area contributed by atoms with Crippen LogP contribution in [0.3, 0.4) is 0 Å². The van der Waals surface area contributed by atoms with Crippen molar-refractivity contribution in [1.82, 2.24) is 15.1 Å². The molecule has 0 aliphatic rings. The molecular weight excluding hydrogens is 262 g/mol. The normalized spacial score (nSPS) is 12.8. The summed E-state index contributed by atoms with van der Waals surface area (Å²) in [5, 5.41) is 17.6. The third-order valence-corrected chi connectivity index (χ3v) is 3.57. The lowest BCUT2D eigenvalue weighted by Crippen LogP contribution is -2.22. The Morgan fingerprint density at radius 3 is 2.48 bits per heavy atom. The van der Waals surface area contributed by atoms with Crippen molar-refractivity contribution in [3.05, 3.63) is 53.3 Å². The Morgan fingerprint density at radius 1 is 1.19 bits per heavy atom. The van der Waals surface area contributed by atoms with Crippen LogP contribution in [0.25, 0.3) is 0 Å². The van der Waals surface area contributed by atoms with Crippen LogP contribution in [0.2, 0.25) is 0 Å². The predicted octanol–water partition coefficient (Wildman–Crippen LogP) is 2.44. The molecule has 1 unspecified atom stereocenters. The highest BCUT2D eigenvalue weighted by Crippen LogP contribution is 2.15. The van der Waals surface area contributed by atoms with Gasteiger partial charge in [0.1, 0.15) is 0 Å². The van der Waals surface area contributed by atoms with Gasteiger partial charge in [-0.1, -0.05) is 38.1 Å². The topological polar surface area (TPSA) is 50.1 Å². The van der Waals surface area contributed by atoms with Crippen molar-refractivity contribution in [2.24, 2.45) is 13.0 Å². The molecule has 0 fully saturated rings. The Kier molecular flexibility index (Phi) is 5.53. The van der Waals surface area contributed by atoms with E-state index in [1.54, 1.807) is 6.20 Å². The largest absolute Gasteiger partial charge is 0.387 e. The lowest BCUT2D eigenvalue weighted by Gasteiger charge is -2.13.